The highest BCUT2D eigenvalue weighted by molar-refractivity contribution is 7.80. The lowest BCUT2D eigenvalue weighted by atomic mass is 9.91. The molecule has 2 aliphatic rings. The fourth-order valence-electron chi connectivity index (χ4n) is 3.13. The third-order valence-electron chi connectivity index (χ3n) is 4.12. The van der Waals surface area contributed by atoms with E-state index < -0.39 is 0 Å². The molecule has 0 spiro atoms. The number of para-hydroxylation sites is 1. The number of hydrogen-bond donors (Lipinski definition) is 1. The van der Waals surface area contributed by atoms with Crippen LogP contribution in [0.25, 0.3) is 0 Å². The molecule has 106 valence electrons. The van der Waals surface area contributed by atoms with Crippen LogP contribution < -0.4 is 10.5 Å². The molecule has 20 heavy (non-hydrogen) atoms. The molecule has 0 aliphatic carbocycles. The number of carbonyl (C=O) groups is 1. The number of rotatable bonds is 2. The van der Waals surface area contributed by atoms with Crippen molar-refractivity contribution in [3.05, 3.63) is 29.8 Å². The van der Waals surface area contributed by atoms with Crippen molar-refractivity contribution < 1.29 is 9.53 Å². The fraction of sp³-hybridized carbons (Fsp3) is 0.467. The van der Waals surface area contributed by atoms with Gasteiger partial charge in [-0.2, -0.15) is 0 Å². The van der Waals surface area contributed by atoms with E-state index in [1.165, 1.54) is 0 Å². The zero-order valence-electron chi connectivity index (χ0n) is 11.2. The maximum absolute atomic E-state index is 12.8. The van der Waals surface area contributed by atoms with Crippen LogP contribution in [0.4, 0.5) is 0 Å². The summed E-state index contributed by atoms with van der Waals surface area (Å²) < 4.78 is 5.62. The lowest BCUT2D eigenvalue weighted by Crippen LogP contribution is -2.45. The Balaban J connectivity index is 1.87. The molecule has 1 saturated heterocycles. The minimum Gasteiger partial charge on any atom is -0.493 e. The summed E-state index contributed by atoms with van der Waals surface area (Å²) in [4.78, 5) is 15.1. The summed E-state index contributed by atoms with van der Waals surface area (Å²) in [6, 6.07) is 7.70. The van der Waals surface area contributed by atoms with Gasteiger partial charge in [0.25, 0.3) is 0 Å². The van der Waals surface area contributed by atoms with Gasteiger partial charge in [0.1, 0.15) is 5.75 Å². The molecular formula is C15H18N2O2S. The summed E-state index contributed by atoms with van der Waals surface area (Å²) in [6.07, 6.45) is 2.57. The molecule has 0 radical (unpaired) electrons. The summed E-state index contributed by atoms with van der Waals surface area (Å²) in [5, 5.41) is 0. The molecule has 2 unspecified atom stereocenters. The second kappa shape index (κ2) is 5.40. The Morgan fingerprint density at radius 3 is 2.95 bits per heavy atom. The van der Waals surface area contributed by atoms with E-state index in [1.54, 1.807) is 0 Å². The number of likely N-dealkylation sites (tertiary alicyclic amines) is 1. The van der Waals surface area contributed by atoms with Crippen molar-refractivity contribution >= 4 is 23.1 Å². The number of nitrogens with two attached hydrogens (primary N) is 1. The van der Waals surface area contributed by atoms with Crippen molar-refractivity contribution in [2.75, 3.05) is 13.2 Å². The lowest BCUT2D eigenvalue weighted by Gasteiger charge is -2.31. The number of nitrogens with zero attached hydrogens (tertiary/aromatic N) is 1. The third kappa shape index (κ3) is 2.26. The predicted octanol–water partition coefficient (Wildman–Crippen LogP) is 1.83. The number of benzene rings is 1. The van der Waals surface area contributed by atoms with Gasteiger partial charge in [0.05, 0.1) is 23.6 Å². The van der Waals surface area contributed by atoms with Crippen molar-refractivity contribution in [1.82, 2.24) is 4.90 Å². The van der Waals surface area contributed by atoms with Crippen LogP contribution in [0.5, 0.6) is 5.75 Å². The molecular weight excluding hydrogens is 272 g/mol. The molecule has 0 bridgehead atoms. The van der Waals surface area contributed by atoms with Crippen LogP contribution in [0.15, 0.2) is 24.3 Å². The van der Waals surface area contributed by atoms with Crippen molar-refractivity contribution in [2.45, 2.75) is 31.2 Å². The van der Waals surface area contributed by atoms with Crippen LogP contribution in [0.2, 0.25) is 0 Å². The summed E-state index contributed by atoms with van der Waals surface area (Å²) in [7, 11) is 0. The molecule has 5 heteroatoms. The Morgan fingerprint density at radius 2 is 2.15 bits per heavy atom. The average Bonchev–Trinajstić information content (AvgIpc) is 2.95. The first-order valence-corrected chi connectivity index (χ1v) is 7.41. The molecule has 1 amide bonds. The van der Waals surface area contributed by atoms with E-state index in [2.05, 4.69) is 0 Å². The second-order valence-corrected chi connectivity index (χ2v) is 5.79. The van der Waals surface area contributed by atoms with Gasteiger partial charge in [-0.05, 0) is 25.3 Å². The summed E-state index contributed by atoms with van der Waals surface area (Å²) >= 11 is 5.09. The Kier molecular flexibility index (Phi) is 3.61. The number of thiocarbonyl (C=S) groups is 1. The highest BCUT2D eigenvalue weighted by Gasteiger charge is 2.37. The SMILES string of the molecule is NC(=S)C1CCCN1C(=O)C1CCOc2ccccc21. The minimum absolute atomic E-state index is 0.0764. The van der Waals surface area contributed by atoms with E-state index in [9.17, 15) is 4.79 Å². The molecule has 2 heterocycles. The average molecular weight is 290 g/mol. The monoisotopic (exact) mass is 290 g/mol. The smallest absolute Gasteiger partial charge is 0.230 e. The van der Waals surface area contributed by atoms with Crippen LogP contribution in [0.3, 0.4) is 0 Å². The van der Waals surface area contributed by atoms with E-state index in [0.717, 1.165) is 37.1 Å². The van der Waals surface area contributed by atoms with Crippen LogP contribution >= 0.6 is 12.2 Å². The normalized spacial score (nSPS) is 24.9. The zero-order chi connectivity index (χ0) is 14.1. The van der Waals surface area contributed by atoms with E-state index in [1.807, 2.05) is 29.2 Å². The Morgan fingerprint density at radius 1 is 1.35 bits per heavy atom. The Bertz CT molecular complexity index is 546. The molecule has 2 atom stereocenters. The largest absolute Gasteiger partial charge is 0.493 e. The number of ether oxygens (including phenoxy) is 1. The van der Waals surface area contributed by atoms with Gasteiger partial charge in [-0.3, -0.25) is 4.79 Å². The highest BCUT2D eigenvalue weighted by atomic mass is 32.1. The summed E-state index contributed by atoms with van der Waals surface area (Å²) in [5.74, 6) is 0.828. The van der Waals surface area contributed by atoms with Gasteiger partial charge in [0, 0.05) is 12.1 Å². The van der Waals surface area contributed by atoms with Crippen LogP contribution in [0.1, 0.15) is 30.7 Å². The molecule has 3 rings (SSSR count). The van der Waals surface area contributed by atoms with Gasteiger partial charge < -0.3 is 15.4 Å². The number of hydrogen-bond acceptors (Lipinski definition) is 3. The molecule has 0 aromatic heterocycles. The van der Waals surface area contributed by atoms with Crippen molar-refractivity contribution in [2.24, 2.45) is 5.73 Å². The molecule has 1 fully saturated rings. The van der Waals surface area contributed by atoms with Crippen molar-refractivity contribution in [3.8, 4) is 5.75 Å². The number of carbonyl (C=O) groups excluding carboxylic acids is 1. The lowest BCUT2D eigenvalue weighted by molar-refractivity contribution is -0.133. The predicted molar refractivity (Wildman–Crippen MR) is 80.8 cm³/mol. The maximum Gasteiger partial charge on any atom is 0.230 e. The first kappa shape index (κ1) is 13.4. The van der Waals surface area contributed by atoms with Crippen LogP contribution in [-0.2, 0) is 4.79 Å². The molecule has 2 N–H and O–H groups in total. The van der Waals surface area contributed by atoms with Gasteiger partial charge in [-0.1, -0.05) is 30.4 Å². The van der Waals surface area contributed by atoms with Gasteiger partial charge in [-0.25, -0.2) is 0 Å². The third-order valence-corrected chi connectivity index (χ3v) is 4.39. The van der Waals surface area contributed by atoms with Crippen LogP contribution in [-0.4, -0.2) is 35.0 Å². The molecule has 1 aromatic carbocycles. The molecule has 1 aromatic rings. The van der Waals surface area contributed by atoms with Gasteiger partial charge in [0.2, 0.25) is 5.91 Å². The van der Waals surface area contributed by atoms with E-state index in [0.29, 0.717) is 11.6 Å². The van der Waals surface area contributed by atoms with Crippen LogP contribution in [0, 0.1) is 0 Å². The standard InChI is InChI=1S/C15H18N2O2S/c16-14(20)12-5-3-8-17(12)15(18)11-7-9-19-13-6-2-1-4-10(11)13/h1-2,4,6,11-12H,3,5,7-9H2,(H2,16,20). The van der Waals surface area contributed by atoms with Crippen molar-refractivity contribution in [1.29, 1.82) is 0 Å². The van der Waals surface area contributed by atoms with E-state index >= 15 is 0 Å². The van der Waals surface area contributed by atoms with E-state index in [-0.39, 0.29) is 17.9 Å². The van der Waals surface area contributed by atoms with Gasteiger partial charge in [-0.15, -0.1) is 0 Å². The first-order valence-electron chi connectivity index (χ1n) is 7.00. The quantitative estimate of drug-likeness (QED) is 0.844. The first-order chi connectivity index (χ1) is 9.68. The second-order valence-electron chi connectivity index (χ2n) is 5.32. The van der Waals surface area contributed by atoms with Crippen molar-refractivity contribution in [3.63, 3.8) is 0 Å². The fourth-order valence-corrected chi connectivity index (χ4v) is 3.37. The summed E-state index contributed by atoms with van der Waals surface area (Å²) in [6.45, 7) is 1.33. The number of amides is 1. The Labute approximate surface area is 123 Å². The highest BCUT2D eigenvalue weighted by Crippen LogP contribution is 2.36. The summed E-state index contributed by atoms with van der Waals surface area (Å²) in [5.41, 5.74) is 6.75. The molecule has 0 saturated carbocycles. The maximum atomic E-state index is 12.8. The number of fused-ring (bicyclic) bond motifs is 1. The van der Waals surface area contributed by atoms with Gasteiger partial charge >= 0.3 is 0 Å². The molecule has 2 aliphatic heterocycles. The van der Waals surface area contributed by atoms with Gasteiger partial charge in [0.15, 0.2) is 0 Å². The minimum atomic E-state index is -0.130. The molecule has 4 nitrogen and oxygen atoms in total. The Hall–Kier alpha value is -1.62. The topological polar surface area (TPSA) is 55.6 Å². The van der Waals surface area contributed by atoms with E-state index in [4.69, 9.17) is 22.7 Å². The zero-order valence-corrected chi connectivity index (χ0v) is 12.1.